The summed E-state index contributed by atoms with van der Waals surface area (Å²) in [7, 11) is 1.54. The molecule has 1 amide bonds. The van der Waals surface area contributed by atoms with Crippen molar-refractivity contribution in [2.24, 2.45) is 0 Å². The average molecular weight is 258 g/mol. The fourth-order valence-electron chi connectivity index (χ4n) is 1.48. The summed E-state index contributed by atoms with van der Waals surface area (Å²) in [5.74, 6) is -0.207. The third-order valence-corrected chi connectivity index (χ3v) is 2.49. The number of halogens is 2. The Bertz CT molecular complexity index is 479. The molecule has 0 fully saturated rings. The Morgan fingerprint density at radius 1 is 1.44 bits per heavy atom. The fraction of sp³-hybridized carbons (Fsp3) is 0.364. The van der Waals surface area contributed by atoms with E-state index in [0.29, 0.717) is 5.56 Å². The Kier molecular flexibility index (Phi) is 3.08. The standard InChI is InChI=1S/C11H12F2N2O3/c1-7(16)15(2)14-6-8-4-3-5-9-10(8)18-11(12,13)17-9/h3-5,14H,6H2,1-2H3. The van der Waals surface area contributed by atoms with E-state index in [1.54, 1.807) is 12.1 Å². The van der Waals surface area contributed by atoms with E-state index < -0.39 is 6.29 Å². The number of nitrogens with zero attached hydrogens (tertiary/aromatic N) is 1. The number of rotatable bonds is 3. The van der Waals surface area contributed by atoms with E-state index in [1.807, 2.05) is 0 Å². The molecule has 5 nitrogen and oxygen atoms in total. The van der Waals surface area contributed by atoms with Gasteiger partial charge in [-0.3, -0.25) is 9.80 Å². The van der Waals surface area contributed by atoms with Crippen LogP contribution in [-0.4, -0.2) is 24.3 Å². The summed E-state index contributed by atoms with van der Waals surface area (Å²) >= 11 is 0. The summed E-state index contributed by atoms with van der Waals surface area (Å²) in [5, 5.41) is 1.26. The van der Waals surface area contributed by atoms with Crippen molar-refractivity contribution in [3.05, 3.63) is 23.8 Å². The van der Waals surface area contributed by atoms with E-state index in [1.165, 1.54) is 25.0 Å². The van der Waals surface area contributed by atoms with Gasteiger partial charge in [0.25, 0.3) is 0 Å². The minimum absolute atomic E-state index is 0.00745. The van der Waals surface area contributed by atoms with E-state index in [4.69, 9.17) is 0 Å². The second kappa shape index (κ2) is 4.41. The van der Waals surface area contributed by atoms with E-state index in [2.05, 4.69) is 14.9 Å². The topological polar surface area (TPSA) is 50.8 Å². The monoisotopic (exact) mass is 258 g/mol. The third kappa shape index (κ3) is 2.51. The zero-order chi connectivity index (χ0) is 13.3. The molecule has 0 radical (unpaired) electrons. The molecule has 0 bridgehead atoms. The number of fused-ring (bicyclic) bond motifs is 1. The first kappa shape index (κ1) is 12.6. The number of carbonyl (C=O) groups is 1. The van der Waals surface area contributed by atoms with Gasteiger partial charge in [0.2, 0.25) is 5.91 Å². The third-order valence-electron chi connectivity index (χ3n) is 2.49. The molecule has 7 heteroatoms. The van der Waals surface area contributed by atoms with E-state index in [0.717, 1.165) is 0 Å². The average Bonchev–Trinajstić information content (AvgIpc) is 2.59. The number of amides is 1. The highest BCUT2D eigenvalue weighted by Crippen LogP contribution is 2.43. The first-order valence-electron chi connectivity index (χ1n) is 5.24. The summed E-state index contributed by atoms with van der Waals surface area (Å²) in [6.45, 7) is 1.56. The molecule has 1 aliphatic heterocycles. The lowest BCUT2D eigenvalue weighted by Crippen LogP contribution is -2.37. The van der Waals surface area contributed by atoms with Crippen molar-refractivity contribution in [3.63, 3.8) is 0 Å². The molecule has 1 heterocycles. The number of benzene rings is 1. The minimum atomic E-state index is -3.63. The molecule has 2 rings (SSSR count). The van der Waals surface area contributed by atoms with Gasteiger partial charge in [0, 0.05) is 26.1 Å². The van der Waals surface area contributed by atoms with E-state index in [9.17, 15) is 13.6 Å². The molecule has 0 aliphatic carbocycles. The van der Waals surface area contributed by atoms with Gasteiger partial charge in [0.1, 0.15) is 0 Å². The van der Waals surface area contributed by atoms with Crippen LogP contribution in [0.5, 0.6) is 11.5 Å². The van der Waals surface area contributed by atoms with Crippen LogP contribution in [0.15, 0.2) is 18.2 Å². The van der Waals surface area contributed by atoms with Crippen molar-refractivity contribution in [2.45, 2.75) is 19.8 Å². The van der Waals surface area contributed by atoms with Crippen LogP contribution in [0.25, 0.3) is 0 Å². The molecule has 0 aromatic heterocycles. The van der Waals surface area contributed by atoms with Gasteiger partial charge in [-0.25, -0.2) is 5.43 Å². The predicted octanol–water partition coefficient (Wildman–Crippen LogP) is 1.49. The molecule has 98 valence electrons. The molecular formula is C11H12F2N2O3. The van der Waals surface area contributed by atoms with Crippen LogP contribution in [0.4, 0.5) is 8.78 Å². The smallest absolute Gasteiger partial charge is 0.395 e. The molecular weight excluding hydrogens is 246 g/mol. The quantitative estimate of drug-likeness (QED) is 0.834. The largest absolute Gasteiger partial charge is 0.586 e. The molecule has 0 unspecified atom stereocenters. The number of hydrazine groups is 1. The molecule has 0 saturated carbocycles. The molecule has 0 spiro atoms. The van der Waals surface area contributed by atoms with Crippen LogP contribution in [-0.2, 0) is 11.3 Å². The number of hydrogen-bond donors (Lipinski definition) is 1. The molecule has 1 aromatic rings. The van der Waals surface area contributed by atoms with Crippen LogP contribution in [0.2, 0.25) is 0 Å². The highest BCUT2D eigenvalue weighted by atomic mass is 19.3. The Morgan fingerprint density at radius 3 is 2.83 bits per heavy atom. The van der Waals surface area contributed by atoms with Crippen molar-refractivity contribution >= 4 is 5.91 Å². The second-order valence-corrected chi connectivity index (χ2v) is 3.82. The van der Waals surface area contributed by atoms with E-state index >= 15 is 0 Å². The summed E-state index contributed by atoms with van der Waals surface area (Å²) in [6.07, 6.45) is -3.63. The van der Waals surface area contributed by atoms with Crippen molar-refractivity contribution in [2.75, 3.05) is 7.05 Å². The lowest BCUT2D eigenvalue weighted by Gasteiger charge is -2.16. The van der Waals surface area contributed by atoms with Gasteiger partial charge in [0.15, 0.2) is 11.5 Å². The van der Waals surface area contributed by atoms with Crippen LogP contribution >= 0.6 is 0 Å². The van der Waals surface area contributed by atoms with Crippen molar-refractivity contribution in [1.29, 1.82) is 0 Å². The maximum Gasteiger partial charge on any atom is 0.586 e. The molecule has 1 aliphatic rings. The lowest BCUT2D eigenvalue weighted by molar-refractivity contribution is -0.287. The molecule has 0 atom stereocenters. The van der Waals surface area contributed by atoms with Gasteiger partial charge in [-0.15, -0.1) is 8.78 Å². The van der Waals surface area contributed by atoms with E-state index in [-0.39, 0.29) is 24.0 Å². The summed E-state index contributed by atoms with van der Waals surface area (Å²) < 4.78 is 34.6. The minimum Gasteiger partial charge on any atom is -0.395 e. The number of nitrogens with one attached hydrogen (secondary N) is 1. The van der Waals surface area contributed by atoms with Crippen molar-refractivity contribution < 1.29 is 23.0 Å². The Balaban J connectivity index is 2.12. The molecule has 1 N–H and O–H groups in total. The maximum atomic E-state index is 12.9. The Morgan fingerprint density at radius 2 is 2.17 bits per heavy atom. The van der Waals surface area contributed by atoms with Gasteiger partial charge in [0.05, 0.1) is 0 Å². The number of carbonyl (C=O) groups excluding carboxylic acids is 1. The van der Waals surface area contributed by atoms with Gasteiger partial charge >= 0.3 is 6.29 Å². The second-order valence-electron chi connectivity index (χ2n) is 3.82. The van der Waals surface area contributed by atoms with Gasteiger partial charge in [-0.2, -0.15) is 0 Å². The SMILES string of the molecule is CC(=O)N(C)NCc1cccc2c1OC(F)(F)O2. The first-order chi connectivity index (χ1) is 8.39. The number of hydrogen-bond acceptors (Lipinski definition) is 4. The zero-order valence-corrected chi connectivity index (χ0v) is 9.87. The van der Waals surface area contributed by atoms with Crippen molar-refractivity contribution in [1.82, 2.24) is 10.4 Å². The predicted molar refractivity (Wildman–Crippen MR) is 57.9 cm³/mol. The fourth-order valence-corrected chi connectivity index (χ4v) is 1.48. The molecule has 18 heavy (non-hydrogen) atoms. The molecule has 0 saturated heterocycles. The summed E-state index contributed by atoms with van der Waals surface area (Å²) in [5.41, 5.74) is 3.24. The van der Waals surface area contributed by atoms with Crippen LogP contribution < -0.4 is 14.9 Å². The number of ether oxygens (including phenoxy) is 2. The normalized spacial score (nSPS) is 15.6. The zero-order valence-electron chi connectivity index (χ0n) is 9.87. The highest BCUT2D eigenvalue weighted by molar-refractivity contribution is 5.72. The Hall–Kier alpha value is -1.89. The summed E-state index contributed by atoms with van der Waals surface area (Å²) in [6, 6.07) is 4.59. The number of alkyl halides is 2. The molecule has 1 aromatic carbocycles. The van der Waals surface area contributed by atoms with Gasteiger partial charge in [-0.05, 0) is 6.07 Å². The lowest BCUT2D eigenvalue weighted by atomic mass is 10.2. The highest BCUT2D eigenvalue weighted by Gasteiger charge is 2.44. The van der Waals surface area contributed by atoms with Gasteiger partial charge < -0.3 is 9.47 Å². The first-order valence-corrected chi connectivity index (χ1v) is 5.24. The maximum absolute atomic E-state index is 12.9. The van der Waals surface area contributed by atoms with Crippen LogP contribution in [0.3, 0.4) is 0 Å². The Labute approximate surface area is 102 Å². The van der Waals surface area contributed by atoms with Crippen LogP contribution in [0.1, 0.15) is 12.5 Å². The van der Waals surface area contributed by atoms with Crippen LogP contribution in [0, 0.1) is 0 Å². The van der Waals surface area contributed by atoms with Gasteiger partial charge in [-0.1, -0.05) is 12.1 Å². The van der Waals surface area contributed by atoms with Crippen molar-refractivity contribution in [3.8, 4) is 11.5 Å². The number of para-hydroxylation sites is 1. The summed E-state index contributed by atoms with van der Waals surface area (Å²) in [4.78, 5) is 11.0.